The third-order valence-electron chi connectivity index (χ3n) is 1.77. The van der Waals surface area contributed by atoms with Crippen LogP contribution in [0, 0.1) is 0 Å². The van der Waals surface area contributed by atoms with Crippen molar-refractivity contribution in [3.63, 3.8) is 0 Å². The second-order valence-corrected chi connectivity index (χ2v) is 6.63. The number of carboxylic acid groups (broad SMARTS) is 1. The molecule has 2 aromatic heterocycles. The molecule has 2 heterocycles. The molecular weight excluding hydrogens is 330 g/mol. The summed E-state index contributed by atoms with van der Waals surface area (Å²) in [5, 5.41) is 21.0. The predicted molar refractivity (Wildman–Crippen MR) is 75.6 cm³/mol. The van der Waals surface area contributed by atoms with Crippen molar-refractivity contribution in [3.05, 3.63) is 21.3 Å². The van der Waals surface area contributed by atoms with Gasteiger partial charge in [0.25, 0.3) is 5.91 Å². The molecule has 0 spiro atoms. The van der Waals surface area contributed by atoms with E-state index < -0.39 is 5.97 Å². The first kappa shape index (κ1) is 14.3. The molecule has 19 heavy (non-hydrogen) atoms. The van der Waals surface area contributed by atoms with E-state index >= 15 is 0 Å². The predicted octanol–water partition coefficient (Wildman–Crippen LogP) is 2.68. The van der Waals surface area contributed by atoms with Crippen molar-refractivity contribution in [2.75, 3.05) is 11.1 Å². The zero-order valence-electron chi connectivity index (χ0n) is 9.12. The number of carbonyl (C=O) groups excluding carboxylic acids is 1. The molecule has 0 aliphatic heterocycles. The minimum atomic E-state index is -0.934. The SMILES string of the molecule is O=C(O)CSc1nnc(NC(=O)c2sccc2Cl)s1. The number of thioether (sulfide) groups is 1. The number of halogens is 1. The summed E-state index contributed by atoms with van der Waals surface area (Å²) in [5.41, 5.74) is 0. The largest absolute Gasteiger partial charge is 0.481 e. The van der Waals surface area contributed by atoms with Gasteiger partial charge in [-0.25, -0.2) is 0 Å². The van der Waals surface area contributed by atoms with Crippen LogP contribution in [0.3, 0.4) is 0 Å². The highest BCUT2D eigenvalue weighted by Gasteiger charge is 2.14. The van der Waals surface area contributed by atoms with Crippen LogP contribution >= 0.6 is 46.0 Å². The lowest BCUT2D eigenvalue weighted by molar-refractivity contribution is -0.133. The summed E-state index contributed by atoms with van der Waals surface area (Å²) < 4.78 is 0.481. The summed E-state index contributed by atoms with van der Waals surface area (Å²) in [4.78, 5) is 22.6. The fourth-order valence-electron chi connectivity index (χ4n) is 1.05. The van der Waals surface area contributed by atoms with Gasteiger partial charge in [-0.3, -0.25) is 14.9 Å². The van der Waals surface area contributed by atoms with E-state index in [-0.39, 0.29) is 11.7 Å². The number of aliphatic carboxylic acids is 1. The van der Waals surface area contributed by atoms with Gasteiger partial charge in [0.05, 0.1) is 10.8 Å². The Labute approximate surface area is 124 Å². The minimum absolute atomic E-state index is 0.0979. The van der Waals surface area contributed by atoms with E-state index in [0.717, 1.165) is 23.1 Å². The van der Waals surface area contributed by atoms with Crippen LogP contribution in [0.15, 0.2) is 15.8 Å². The van der Waals surface area contributed by atoms with E-state index in [4.69, 9.17) is 16.7 Å². The van der Waals surface area contributed by atoms with E-state index in [1.807, 2.05) is 0 Å². The molecule has 2 aromatic rings. The summed E-state index contributed by atoms with van der Waals surface area (Å²) in [6, 6.07) is 1.63. The molecule has 0 saturated heterocycles. The van der Waals surface area contributed by atoms with Crippen molar-refractivity contribution in [3.8, 4) is 0 Å². The Morgan fingerprint density at radius 2 is 2.26 bits per heavy atom. The number of rotatable bonds is 5. The normalized spacial score (nSPS) is 10.4. The molecule has 2 rings (SSSR count). The Morgan fingerprint density at radius 3 is 2.89 bits per heavy atom. The van der Waals surface area contributed by atoms with Gasteiger partial charge in [0.2, 0.25) is 5.13 Å². The lowest BCUT2D eigenvalue weighted by atomic mass is 10.4. The first-order valence-corrected chi connectivity index (χ1v) is 7.84. The van der Waals surface area contributed by atoms with Crippen LogP contribution < -0.4 is 5.32 Å². The van der Waals surface area contributed by atoms with Gasteiger partial charge in [-0.1, -0.05) is 34.7 Å². The number of carboxylic acids is 1. The lowest BCUT2D eigenvalue weighted by Gasteiger charge is -1.97. The second kappa shape index (κ2) is 6.33. The smallest absolute Gasteiger partial charge is 0.313 e. The molecule has 0 saturated carbocycles. The van der Waals surface area contributed by atoms with Crippen LogP contribution in [-0.4, -0.2) is 32.9 Å². The maximum absolute atomic E-state index is 11.8. The minimum Gasteiger partial charge on any atom is -0.481 e. The highest BCUT2D eigenvalue weighted by Crippen LogP contribution is 2.27. The highest BCUT2D eigenvalue weighted by atomic mass is 35.5. The fourth-order valence-corrected chi connectivity index (χ4v) is 3.56. The van der Waals surface area contributed by atoms with Crippen LogP contribution in [0.5, 0.6) is 0 Å². The third kappa shape index (κ3) is 3.90. The molecule has 0 radical (unpaired) electrons. The topological polar surface area (TPSA) is 92.2 Å². The molecule has 0 unspecified atom stereocenters. The molecule has 0 aromatic carbocycles. The highest BCUT2D eigenvalue weighted by molar-refractivity contribution is 8.01. The van der Waals surface area contributed by atoms with Gasteiger partial charge in [-0.05, 0) is 11.4 Å². The van der Waals surface area contributed by atoms with Gasteiger partial charge in [0.1, 0.15) is 4.88 Å². The van der Waals surface area contributed by atoms with Crippen molar-refractivity contribution in [2.24, 2.45) is 0 Å². The summed E-state index contributed by atoms with van der Waals surface area (Å²) in [6.45, 7) is 0. The lowest BCUT2D eigenvalue weighted by Crippen LogP contribution is -2.10. The van der Waals surface area contributed by atoms with Gasteiger partial charge in [0.15, 0.2) is 4.34 Å². The van der Waals surface area contributed by atoms with Crippen molar-refractivity contribution in [1.29, 1.82) is 0 Å². The number of aromatic nitrogens is 2. The number of amides is 1. The first-order chi connectivity index (χ1) is 9.06. The average molecular weight is 336 g/mol. The number of hydrogen-bond donors (Lipinski definition) is 2. The summed E-state index contributed by atoms with van der Waals surface area (Å²) >= 11 is 9.23. The molecule has 2 N–H and O–H groups in total. The molecule has 0 fully saturated rings. The summed E-state index contributed by atoms with van der Waals surface area (Å²) in [7, 11) is 0. The number of carbonyl (C=O) groups is 2. The average Bonchev–Trinajstić information content (AvgIpc) is 2.95. The van der Waals surface area contributed by atoms with Crippen LogP contribution in [0.2, 0.25) is 5.02 Å². The Kier molecular flexibility index (Phi) is 4.75. The van der Waals surface area contributed by atoms with Crippen LogP contribution in [0.25, 0.3) is 0 Å². The number of anilines is 1. The standard InChI is InChI=1S/C9H6ClN3O3S3/c10-4-1-2-17-6(4)7(16)11-8-12-13-9(19-8)18-3-5(14)15/h1-2H,3H2,(H,14,15)(H,11,12,16). The summed E-state index contributed by atoms with van der Waals surface area (Å²) in [5.74, 6) is -1.39. The zero-order chi connectivity index (χ0) is 13.8. The Morgan fingerprint density at radius 1 is 1.47 bits per heavy atom. The zero-order valence-corrected chi connectivity index (χ0v) is 12.3. The maximum atomic E-state index is 11.8. The maximum Gasteiger partial charge on any atom is 0.313 e. The van der Waals surface area contributed by atoms with Crippen LogP contribution in [0.4, 0.5) is 5.13 Å². The molecular formula is C9H6ClN3O3S3. The molecule has 0 aliphatic carbocycles. The van der Waals surface area contributed by atoms with E-state index in [1.165, 1.54) is 11.3 Å². The number of nitrogens with one attached hydrogen (secondary N) is 1. The number of hydrogen-bond acceptors (Lipinski definition) is 7. The first-order valence-electron chi connectivity index (χ1n) is 4.78. The Hall–Kier alpha value is -1.16. The van der Waals surface area contributed by atoms with Gasteiger partial charge in [-0.2, -0.15) is 0 Å². The monoisotopic (exact) mass is 335 g/mol. The van der Waals surface area contributed by atoms with E-state index in [2.05, 4.69) is 15.5 Å². The Bertz CT molecular complexity index is 613. The van der Waals surface area contributed by atoms with Crippen molar-refractivity contribution >= 4 is 63.0 Å². The van der Waals surface area contributed by atoms with Crippen LogP contribution in [-0.2, 0) is 4.79 Å². The van der Waals surface area contributed by atoms with E-state index in [9.17, 15) is 9.59 Å². The van der Waals surface area contributed by atoms with Gasteiger partial charge < -0.3 is 5.11 Å². The number of nitrogens with zero attached hydrogens (tertiary/aromatic N) is 2. The summed E-state index contributed by atoms with van der Waals surface area (Å²) in [6.07, 6.45) is 0. The van der Waals surface area contributed by atoms with Gasteiger partial charge >= 0.3 is 5.97 Å². The van der Waals surface area contributed by atoms with Gasteiger partial charge in [-0.15, -0.1) is 21.5 Å². The van der Waals surface area contributed by atoms with Crippen molar-refractivity contribution in [1.82, 2.24) is 10.2 Å². The molecule has 1 amide bonds. The molecule has 0 aliphatic rings. The van der Waals surface area contributed by atoms with E-state index in [0.29, 0.717) is 19.4 Å². The third-order valence-corrected chi connectivity index (χ3v) is 5.07. The Balaban J connectivity index is 1.98. The molecule has 10 heteroatoms. The quantitative estimate of drug-likeness (QED) is 0.644. The molecule has 0 atom stereocenters. The van der Waals surface area contributed by atoms with Crippen LogP contribution in [0.1, 0.15) is 9.67 Å². The molecule has 100 valence electrons. The van der Waals surface area contributed by atoms with Crippen molar-refractivity contribution in [2.45, 2.75) is 4.34 Å². The molecule has 6 nitrogen and oxygen atoms in total. The van der Waals surface area contributed by atoms with E-state index in [1.54, 1.807) is 11.4 Å². The fraction of sp³-hybridized carbons (Fsp3) is 0.111. The molecule has 0 bridgehead atoms. The number of thiophene rings is 1. The van der Waals surface area contributed by atoms with Crippen molar-refractivity contribution < 1.29 is 14.7 Å². The van der Waals surface area contributed by atoms with Gasteiger partial charge in [0, 0.05) is 0 Å². The second-order valence-electron chi connectivity index (χ2n) is 3.11.